The molecular weight excluding hydrogens is 90.1 g/mol. The Morgan fingerprint density at radius 3 is 1.50 bits per heavy atom. The second kappa shape index (κ2) is 1.75. The normalized spacial score (nSPS) is 12.5. The van der Waals surface area contributed by atoms with Crippen LogP contribution in [0.15, 0.2) is 0 Å². The summed E-state index contributed by atoms with van der Waals surface area (Å²) in [4.78, 5) is 3.24. The second-order valence-electron chi connectivity index (χ2n) is 2.50. The molecule has 0 saturated heterocycles. The zero-order valence-corrected chi connectivity index (χ0v) is 7.00. The fourth-order valence-corrected chi connectivity index (χ4v) is 0. The summed E-state index contributed by atoms with van der Waals surface area (Å²) < 4.78 is 0. The van der Waals surface area contributed by atoms with Crippen LogP contribution >= 0.6 is 0 Å². The highest BCUT2D eigenvalue weighted by Gasteiger charge is 2.01. The molecular formula is C4H13NSi. The number of hydrogen-bond donors (Lipinski definition) is 1. The molecule has 0 bridgehead atoms. The SMILES string of the molecule is CC(C)(C)N[SiH3]. The van der Waals surface area contributed by atoms with Crippen LogP contribution in [0.3, 0.4) is 0 Å². The third-order valence-electron chi connectivity index (χ3n) is 0.750. The molecule has 0 radical (unpaired) electrons. The van der Waals surface area contributed by atoms with Crippen LogP contribution in [0, 0.1) is 0 Å². The molecule has 0 aliphatic carbocycles. The molecule has 0 saturated carbocycles. The summed E-state index contributed by atoms with van der Waals surface area (Å²) in [6, 6.07) is 0. The van der Waals surface area contributed by atoms with Crippen molar-refractivity contribution in [2.45, 2.75) is 26.3 Å². The van der Waals surface area contributed by atoms with Crippen molar-refractivity contribution in [1.82, 2.24) is 4.98 Å². The highest BCUT2D eigenvalue weighted by atomic mass is 28.2. The van der Waals surface area contributed by atoms with Crippen molar-refractivity contribution in [1.29, 1.82) is 0 Å². The highest BCUT2D eigenvalue weighted by molar-refractivity contribution is 6.04. The molecule has 1 N–H and O–H groups in total. The number of hydrogen-bond acceptors (Lipinski definition) is 1. The molecule has 0 aromatic carbocycles. The summed E-state index contributed by atoms with van der Waals surface area (Å²) in [7, 11) is 1.10. The summed E-state index contributed by atoms with van der Waals surface area (Å²) in [6.07, 6.45) is 0. The van der Waals surface area contributed by atoms with Gasteiger partial charge >= 0.3 is 0 Å². The minimum atomic E-state index is 0.353. The van der Waals surface area contributed by atoms with Gasteiger partial charge in [-0.05, 0) is 20.8 Å². The Bertz CT molecular complexity index is 37.3. The van der Waals surface area contributed by atoms with Gasteiger partial charge in [0.2, 0.25) is 0 Å². The van der Waals surface area contributed by atoms with Gasteiger partial charge in [0.25, 0.3) is 0 Å². The Morgan fingerprint density at radius 1 is 1.33 bits per heavy atom. The van der Waals surface area contributed by atoms with Crippen molar-refractivity contribution in [3.63, 3.8) is 0 Å². The molecule has 0 heterocycles. The molecule has 0 aliphatic rings. The Morgan fingerprint density at radius 2 is 1.50 bits per heavy atom. The van der Waals surface area contributed by atoms with E-state index in [1.807, 2.05) is 0 Å². The molecule has 0 spiro atoms. The van der Waals surface area contributed by atoms with Crippen molar-refractivity contribution in [2.75, 3.05) is 0 Å². The zero-order valence-electron chi connectivity index (χ0n) is 5.00. The quantitative estimate of drug-likeness (QED) is 0.413. The molecule has 0 fully saturated rings. The van der Waals surface area contributed by atoms with E-state index in [9.17, 15) is 0 Å². The van der Waals surface area contributed by atoms with E-state index in [0.717, 1.165) is 10.4 Å². The highest BCUT2D eigenvalue weighted by Crippen LogP contribution is 1.93. The lowest BCUT2D eigenvalue weighted by molar-refractivity contribution is 0.528. The van der Waals surface area contributed by atoms with Crippen LogP contribution < -0.4 is 4.98 Å². The van der Waals surface area contributed by atoms with Crippen LogP contribution in [-0.4, -0.2) is 15.9 Å². The summed E-state index contributed by atoms with van der Waals surface area (Å²) >= 11 is 0. The molecule has 2 heteroatoms. The van der Waals surface area contributed by atoms with E-state index in [-0.39, 0.29) is 0 Å². The summed E-state index contributed by atoms with van der Waals surface area (Å²) in [5.41, 5.74) is 0.353. The molecule has 0 aromatic rings. The monoisotopic (exact) mass is 103 g/mol. The third kappa shape index (κ3) is 4.18. The van der Waals surface area contributed by atoms with Crippen molar-refractivity contribution in [2.24, 2.45) is 0 Å². The van der Waals surface area contributed by atoms with Gasteiger partial charge in [0, 0.05) is 5.54 Å². The summed E-state index contributed by atoms with van der Waals surface area (Å²) in [5, 5.41) is 0. The first kappa shape index (κ1) is 6.18. The van der Waals surface area contributed by atoms with Crippen molar-refractivity contribution < 1.29 is 0 Å². The standard InChI is InChI=1S/C4H13NSi/c1-4(2,3)5-6/h5H,1-3,6H3. The molecule has 0 unspecified atom stereocenters. The van der Waals surface area contributed by atoms with Crippen molar-refractivity contribution in [3.05, 3.63) is 0 Å². The predicted molar refractivity (Wildman–Crippen MR) is 32.8 cm³/mol. The first-order valence-electron chi connectivity index (χ1n) is 2.25. The van der Waals surface area contributed by atoms with E-state index < -0.39 is 0 Å². The molecule has 0 atom stereocenters. The van der Waals surface area contributed by atoms with Crippen LogP contribution in [0.25, 0.3) is 0 Å². The Labute approximate surface area is 42.6 Å². The Hall–Kier alpha value is 0.177. The van der Waals surface area contributed by atoms with E-state index in [2.05, 4.69) is 25.8 Å². The number of nitrogens with one attached hydrogen (secondary N) is 1. The maximum Gasteiger partial charge on any atom is 0.0755 e. The summed E-state index contributed by atoms with van der Waals surface area (Å²) in [6.45, 7) is 6.50. The van der Waals surface area contributed by atoms with Gasteiger partial charge in [-0.15, -0.1) is 0 Å². The minimum absolute atomic E-state index is 0.353. The lowest BCUT2D eigenvalue weighted by atomic mass is 10.1. The maximum absolute atomic E-state index is 3.24. The van der Waals surface area contributed by atoms with Crippen LogP contribution in [0.5, 0.6) is 0 Å². The Kier molecular flexibility index (Phi) is 1.81. The smallest absolute Gasteiger partial charge is 0.0755 e. The van der Waals surface area contributed by atoms with Gasteiger partial charge in [-0.25, -0.2) is 0 Å². The lowest BCUT2D eigenvalue weighted by Crippen LogP contribution is -2.33. The van der Waals surface area contributed by atoms with E-state index in [4.69, 9.17) is 0 Å². The van der Waals surface area contributed by atoms with Crippen LogP contribution in [-0.2, 0) is 0 Å². The average molecular weight is 103 g/mol. The minimum Gasteiger partial charge on any atom is -0.341 e. The van der Waals surface area contributed by atoms with Gasteiger partial charge in [0.15, 0.2) is 0 Å². The maximum atomic E-state index is 3.24. The fraction of sp³-hybridized carbons (Fsp3) is 1.00. The first-order valence-corrected chi connectivity index (χ1v) is 3.25. The van der Waals surface area contributed by atoms with Gasteiger partial charge in [-0.1, -0.05) is 0 Å². The summed E-state index contributed by atoms with van der Waals surface area (Å²) in [5.74, 6) is 0. The van der Waals surface area contributed by atoms with Gasteiger partial charge in [-0.2, -0.15) is 0 Å². The van der Waals surface area contributed by atoms with Gasteiger partial charge in [0.05, 0.1) is 10.4 Å². The van der Waals surface area contributed by atoms with Gasteiger partial charge in [0.1, 0.15) is 0 Å². The molecule has 0 rings (SSSR count). The van der Waals surface area contributed by atoms with E-state index in [1.165, 1.54) is 0 Å². The average Bonchev–Trinajstić information content (AvgIpc) is 1.35. The molecule has 0 aromatic heterocycles. The third-order valence-corrected chi connectivity index (χ3v) is 2.25. The Balaban J connectivity index is 3.17. The number of rotatable bonds is 0. The van der Waals surface area contributed by atoms with Gasteiger partial charge in [-0.3, -0.25) is 0 Å². The van der Waals surface area contributed by atoms with Crippen molar-refractivity contribution in [3.8, 4) is 0 Å². The van der Waals surface area contributed by atoms with Gasteiger partial charge < -0.3 is 4.98 Å². The van der Waals surface area contributed by atoms with Crippen LogP contribution in [0.1, 0.15) is 20.8 Å². The fourth-order valence-electron chi connectivity index (χ4n) is 0. The topological polar surface area (TPSA) is 12.0 Å². The largest absolute Gasteiger partial charge is 0.341 e. The predicted octanol–water partition coefficient (Wildman–Crippen LogP) is -0.345. The molecule has 6 heavy (non-hydrogen) atoms. The van der Waals surface area contributed by atoms with Crippen molar-refractivity contribution >= 4 is 10.4 Å². The zero-order chi connectivity index (χ0) is 5.21. The molecule has 1 nitrogen and oxygen atoms in total. The molecule has 0 aliphatic heterocycles. The van der Waals surface area contributed by atoms with E-state index in [0.29, 0.717) is 5.54 Å². The van der Waals surface area contributed by atoms with E-state index >= 15 is 0 Å². The molecule has 38 valence electrons. The molecule has 0 amide bonds. The van der Waals surface area contributed by atoms with E-state index in [1.54, 1.807) is 0 Å². The van der Waals surface area contributed by atoms with Crippen LogP contribution in [0.2, 0.25) is 0 Å². The van der Waals surface area contributed by atoms with Crippen LogP contribution in [0.4, 0.5) is 0 Å². The lowest BCUT2D eigenvalue weighted by Gasteiger charge is -2.15. The first-order chi connectivity index (χ1) is 2.56. The second-order valence-corrected chi connectivity index (χ2v) is 3.00.